The maximum absolute atomic E-state index is 13.1. The summed E-state index contributed by atoms with van der Waals surface area (Å²) in [5.74, 6) is 1.43. The molecule has 2 aliphatic rings. The maximum Gasteiger partial charge on any atom is 0.161 e. The highest BCUT2D eigenvalue weighted by Gasteiger charge is 2.40. The van der Waals surface area contributed by atoms with Crippen LogP contribution in [0.2, 0.25) is 0 Å². The van der Waals surface area contributed by atoms with Crippen molar-refractivity contribution < 1.29 is 14.3 Å². The molecule has 1 heterocycles. The van der Waals surface area contributed by atoms with E-state index in [0.717, 1.165) is 41.3 Å². The van der Waals surface area contributed by atoms with Crippen LogP contribution in [0.4, 0.5) is 5.69 Å². The fraction of sp³-hybridized carbons (Fsp3) is 0.280. The van der Waals surface area contributed by atoms with Crippen molar-refractivity contribution in [1.82, 2.24) is 0 Å². The zero-order valence-corrected chi connectivity index (χ0v) is 17.7. The molecule has 158 valence electrons. The number of nitrogens with zero attached hydrogens (tertiary/aromatic N) is 2. The molecule has 1 aliphatic heterocycles. The van der Waals surface area contributed by atoms with E-state index in [1.807, 2.05) is 60.4 Å². The van der Waals surface area contributed by atoms with Crippen molar-refractivity contribution in [2.75, 3.05) is 18.6 Å². The predicted molar refractivity (Wildman–Crippen MR) is 119 cm³/mol. The number of nitriles is 1. The highest BCUT2D eigenvalue weighted by atomic mass is 16.5. The number of ether oxygens (including phenoxy) is 2. The molecule has 6 heteroatoms. The van der Waals surface area contributed by atoms with Gasteiger partial charge in [0.1, 0.15) is 17.3 Å². The molecule has 1 atom stereocenters. The molecule has 1 aliphatic carbocycles. The van der Waals surface area contributed by atoms with Crippen LogP contribution in [0.1, 0.15) is 37.7 Å². The number of carbonyl (C=O) groups excluding carboxylic acids is 1. The van der Waals surface area contributed by atoms with E-state index in [0.29, 0.717) is 30.0 Å². The molecule has 0 saturated carbocycles. The summed E-state index contributed by atoms with van der Waals surface area (Å²) in [5.41, 5.74) is 10.2. The topological polar surface area (TPSA) is 88.6 Å². The Balaban J connectivity index is 1.86. The third-order valence-electron chi connectivity index (χ3n) is 5.77. The van der Waals surface area contributed by atoms with E-state index in [1.54, 1.807) is 7.11 Å². The number of nitrogens with two attached hydrogens (primary N) is 1. The fourth-order valence-electron chi connectivity index (χ4n) is 4.37. The summed E-state index contributed by atoms with van der Waals surface area (Å²) in [6.45, 7) is 2.50. The number of ketones is 1. The monoisotopic (exact) mass is 415 g/mol. The molecule has 2 aromatic rings. The normalized spacial score (nSPS) is 18.5. The molecule has 6 nitrogen and oxygen atoms in total. The molecule has 0 amide bonds. The van der Waals surface area contributed by atoms with Crippen LogP contribution >= 0.6 is 0 Å². The third kappa shape index (κ3) is 3.64. The van der Waals surface area contributed by atoms with E-state index in [2.05, 4.69) is 6.07 Å². The molecular formula is C25H25N3O3. The minimum Gasteiger partial charge on any atom is -0.497 e. The van der Waals surface area contributed by atoms with E-state index in [4.69, 9.17) is 15.2 Å². The Morgan fingerprint density at radius 1 is 1.10 bits per heavy atom. The molecule has 0 saturated heterocycles. The van der Waals surface area contributed by atoms with Gasteiger partial charge in [-0.05, 0) is 61.7 Å². The largest absolute Gasteiger partial charge is 0.497 e. The third-order valence-corrected chi connectivity index (χ3v) is 5.77. The Kier molecular flexibility index (Phi) is 5.68. The molecule has 31 heavy (non-hydrogen) atoms. The Morgan fingerprint density at radius 2 is 1.77 bits per heavy atom. The molecule has 0 bridgehead atoms. The van der Waals surface area contributed by atoms with Crippen LogP contribution in [-0.4, -0.2) is 19.5 Å². The number of methoxy groups -OCH3 is 1. The van der Waals surface area contributed by atoms with E-state index >= 15 is 0 Å². The standard InChI is InChI=1S/C25H25N3O3/c1-3-31-19-11-7-16(8-12-19)23-20(15-26)25(27)28(17-9-13-18(30-2)14-10-17)21-5-4-6-22(29)24(21)23/h7-14,23H,3-6,27H2,1-2H3/t23-/m1/s1. The lowest BCUT2D eigenvalue weighted by Crippen LogP contribution is -2.38. The molecule has 0 radical (unpaired) electrons. The number of anilines is 1. The number of allylic oxidation sites excluding steroid dienone is 3. The van der Waals surface area contributed by atoms with Crippen LogP contribution in [0.25, 0.3) is 0 Å². The molecular weight excluding hydrogens is 390 g/mol. The van der Waals surface area contributed by atoms with Gasteiger partial charge in [0.25, 0.3) is 0 Å². The summed E-state index contributed by atoms with van der Waals surface area (Å²) in [4.78, 5) is 15.0. The van der Waals surface area contributed by atoms with Crippen molar-refractivity contribution in [3.63, 3.8) is 0 Å². The van der Waals surface area contributed by atoms with E-state index in [1.165, 1.54) is 0 Å². The van der Waals surface area contributed by atoms with Crippen LogP contribution in [0.5, 0.6) is 11.5 Å². The highest BCUT2D eigenvalue weighted by molar-refractivity contribution is 6.01. The van der Waals surface area contributed by atoms with Crippen molar-refractivity contribution in [2.45, 2.75) is 32.1 Å². The highest BCUT2D eigenvalue weighted by Crippen LogP contribution is 2.46. The molecule has 0 aromatic heterocycles. The van der Waals surface area contributed by atoms with Crippen LogP contribution in [0, 0.1) is 11.3 Å². The second kappa shape index (κ2) is 8.57. The van der Waals surface area contributed by atoms with Crippen LogP contribution < -0.4 is 20.1 Å². The summed E-state index contributed by atoms with van der Waals surface area (Å²) in [6, 6.07) is 17.3. The summed E-state index contributed by atoms with van der Waals surface area (Å²) in [6.07, 6.45) is 1.96. The Morgan fingerprint density at radius 3 is 2.39 bits per heavy atom. The molecule has 0 fully saturated rings. The van der Waals surface area contributed by atoms with Gasteiger partial charge in [-0.2, -0.15) is 5.26 Å². The van der Waals surface area contributed by atoms with Crippen molar-refractivity contribution in [3.05, 3.63) is 76.8 Å². The lowest BCUT2D eigenvalue weighted by atomic mass is 9.75. The van der Waals surface area contributed by atoms with Gasteiger partial charge in [0, 0.05) is 23.4 Å². The Hall–Kier alpha value is -3.72. The van der Waals surface area contributed by atoms with Crippen molar-refractivity contribution in [2.24, 2.45) is 5.73 Å². The molecule has 0 unspecified atom stereocenters. The minimum atomic E-state index is -0.474. The van der Waals surface area contributed by atoms with Gasteiger partial charge >= 0.3 is 0 Å². The first-order chi connectivity index (χ1) is 15.1. The van der Waals surface area contributed by atoms with Crippen molar-refractivity contribution in [3.8, 4) is 17.6 Å². The van der Waals surface area contributed by atoms with Gasteiger partial charge in [-0.15, -0.1) is 0 Å². The molecule has 2 aromatic carbocycles. The SMILES string of the molecule is CCOc1ccc([C@@H]2C(C#N)=C(N)N(c3ccc(OC)cc3)C3=C2C(=O)CCC3)cc1. The van der Waals surface area contributed by atoms with Crippen molar-refractivity contribution in [1.29, 1.82) is 5.26 Å². The second-order valence-electron chi connectivity index (χ2n) is 7.52. The maximum atomic E-state index is 13.1. The summed E-state index contributed by atoms with van der Waals surface area (Å²) in [7, 11) is 1.61. The van der Waals surface area contributed by atoms with Crippen molar-refractivity contribution >= 4 is 11.5 Å². The number of rotatable bonds is 5. The number of hydrogen-bond acceptors (Lipinski definition) is 6. The van der Waals surface area contributed by atoms with Crippen LogP contribution in [0.3, 0.4) is 0 Å². The number of benzene rings is 2. The molecule has 2 N–H and O–H groups in total. The zero-order valence-electron chi connectivity index (χ0n) is 17.7. The first-order valence-electron chi connectivity index (χ1n) is 10.4. The van der Waals surface area contributed by atoms with Gasteiger partial charge in [0.2, 0.25) is 0 Å². The summed E-state index contributed by atoms with van der Waals surface area (Å²) >= 11 is 0. The Bertz CT molecular complexity index is 1090. The van der Waals surface area contributed by atoms with E-state index < -0.39 is 5.92 Å². The molecule has 0 spiro atoms. The van der Waals surface area contributed by atoms with E-state index in [-0.39, 0.29) is 5.78 Å². The van der Waals surface area contributed by atoms with Gasteiger partial charge in [-0.1, -0.05) is 12.1 Å². The summed E-state index contributed by atoms with van der Waals surface area (Å²) < 4.78 is 10.8. The van der Waals surface area contributed by atoms with Gasteiger partial charge < -0.3 is 15.2 Å². The average Bonchev–Trinajstić information content (AvgIpc) is 2.79. The van der Waals surface area contributed by atoms with Crippen LogP contribution in [-0.2, 0) is 4.79 Å². The number of hydrogen-bond donors (Lipinski definition) is 1. The lowest BCUT2D eigenvalue weighted by Gasteiger charge is -2.39. The van der Waals surface area contributed by atoms with Gasteiger partial charge in [-0.3, -0.25) is 9.69 Å². The van der Waals surface area contributed by atoms with Gasteiger partial charge in [0.05, 0.1) is 31.3 Å². The van der Waals surface area contributed by atoms with Gasteiger partial charge in [0.15, 0.2) is 5.78 Å². The quantitative estimate of drug-likeness (QED) is 0.779. The van der Waals surface area contributed by atoms with E-state index in [9.17, 15) is 10.1 Å². The lowest BCUT2D eigenvalue weighted by molar-refractivity contribution is -0.116. The average molecular weight is 415 g/mol. The summed E-state index contributed by atoms with van der Waals surface area (Å²) in [5, 5.41) is 10.1. The van der Waals surface area contributed by atoms with Gasteiger partial charge in [-0.25, -0.2) is 0 Å². The molecule has 4 rings (SSSR count). The first kappa shape index (κ1) is 20.5. The smallest absolute Gasteiger partial charge is 0.161 e. The first-order valence-corrected chi connectivity index (χ1v) is 10.4. The van der Waals surface area contributed by atoms with Crippen LogP contribution in [0.15, 0.2) is 71.2 Å². The second-order valence-corrected chi connectivity index (χ2v) is 7.52. The minimum absolute atomic E-state index is 0.0684. The fourth-order valence-corrected chi connectivity index (χ4v) is 4.37. The number of carbonyl (C=O) groups is 1. The Labute approximate surface area is 182 Å². The number of Topliss-reactive ketones (excluding diaryl/α,β-unsaturated/α-hetero) is 1. The predicted octanol–water partition coefficient (Wildman–Crippen LogP) is 4.40. The zero-order chi connectivity index (χ0) is 22.0.